The van der Waals surface area contributed by atoms with Crippen LogP contribution in [0.15, 0.2) is 77.7 Å². The molecule has 2 N–H and O–H groups in total. The maximum Gasteiger partial charge on any atom is 0.265 e. The van der Waals surface area contributed by atoms with Crippen LogP contribution in [0.4, 0.5) is 11.4 Å². The Balaban J connectivity index is 1.66. The van der Waals surface area contributed by atoms with Crippen molar-refractivity contribution >= 4 is 38.9 Å². The molecule has 8 heteroatoms. The van der Waals surface area contributed by atoms with Gasteiger partial charge >= 0.3 is 0 Å². The van der Waals surface area contributed by atoms with E-state index in [1.807, 2.05) is 25.1 Å². The number of nitrogens with one attached hydrogen (secondary N) is 2. The highest BCUT2D eigenvalue weighted by Crippen LogP contribution is 2.25. The topological polar surface area (TPSA) is 84.5 Å². The smallest absolute Gasteiger partial charge is 0.265 e. The van der Waals surface area contributed by atoms with Crippen molar-refractivity contribution in [1.29, 1.82) is 0 Å². The fourth-order valence-electron chi connectivity index (χ4n) is 2.64. The third-order valence-electron chi connectivity index (χ3n) is 4.32. The van der Waals surface area contributed by atoms with Crippen LogP contribution in [0.25, 0.3) is 0 Å². The molecule has 0 aromatic heterocycles. The lowest BCUT2D eigenvalue weighted by atomic mass is 10.2. The maximum absolute atomic E-state index is 12.6. The van der Waals surface area contributed by atoms with Crippen LogP contribution in [0.1, 0.15) is 12.5 Å². The minimum Gasteiger partial charge on any atom is -0.481 e. The second-order valence-electron chi connectivity index (χ2n) is 6.62. The first-order valence-corrected chi connectivity index (χ1v) is 11.0. The van der Waals surface area contributed by atoms with E-state index in [4.69, 9.17) is 16.3 Å². The van der Waals surface area contributed by atoms with Crippen LogP contribution in [0, 0.1) is 6.92 Å². The average Bonchev–Trinajstić information content (AvgIpc) is 2.71. The summed E-state index contributed by atoms with van der Waals surface area (Å²) in [6, 6.07) is 19.8. The number of sulfonamides is 1. The molecule has 0 saturated carbocycles. The largest absolute Gasteiger partial charge is 0.481 e. The van der Waals surface area contributed by atoms with E-state index in [1.165, 1.54) is 24.3 Å². The Morgan fingerprint density at radius 3 is 2.27 bits per heavy atom. The Bertz CT molecular complexity index is 1150. The summed E-state index contributed by atoms with van der Waals surface area (Å²) < 4.78 is 33.3. The monoisotopic (exact) mass is 444 g/mol. The predicted octanol–water partition coefficient (Wildman–Crippen LogP) is 4.86. The Kier molecular flexibility index (Phi) is 6.64. The number of aryl methyl sites for hydroxylation is 1. The number of hydrogen-bond donors (Lipinski definition) is 2. The molecule has 0 saturated heterocycles. The molecule has 3 aromatic rings. The molecule has 6 nitrogen and oxygen atoms in total. The van der Waals surface area contributed by atoms with E-state index >= 15 is 0 Å². The van der Waals surface area contributed by atoms with Crippen molar-refractivity contribution in [3.63, 3.8) is 0 Å². The number of halogens is 1. The molecule has 1 atom stereocenters. The number of benzene rings is 3. The lowest BCUT2D eigenvalue weighted by Crippen LogP contribution is -2.30. The number of anilines is 2. The van der Waals surface area contributed by atoms with Crippen LogP contribution in [0.5, 0.6) is 5.75 Å². The van der Waals surface area contributed by atoms with Gasteiger partial charge in [-0.2, -0.15) is 0 Å². The zero-order valence-electron chi connectivity index (χ0n) is 16.4. The van der Waals surface area contributed by atoms with Gasteiger partial charge in [-0.1, -0.05) is 41.9 Å². The first-order valence-electron chi connectivity index (χ1n) is 9.17. The summed E-state index contributed by atoms with van der Waals surface area (Å²) in [6.45, 7) is 3.55. The van der Waals surface area contributed by atoms with E-state index in [-0.39, 0.29) is 10.8 Å². The average molecular weight is 445 g/mol. The maximum atomic E-state index is 12.6. The molecule has 1 unspecified atom stereocenters. The molecule has 0 radical (unpaired) electrons. The number of ether oxygens (including phenoxy) is 1. The SMILES string of the molecule is Cc1ccccc1OC(C)C(=O)Nc1ccc(S(=O)(=O)Nc2ccccc2Cl)cc1. The van der Waals surface area contributed by atoms with Crippen LogP contribution in [-0.2, 0) is 14.8 Å². The van der Waals surface area contributed by atoms with Gasteiger partial charge in [-0.25, -0.2) is 8.42 Å². The van der Waals surface area contributed by atoms with Gasteiger partial charge in [0, 0.05) is 5.69 Å². The van der Waals surface area contributed by atoms with E-state index in [9.17, 15) is 13.2 Å². The Morgan fingerprint density at radius 2 is 1.60 bits per heavy atom. The molecule has 1 amide bonds. The van der Waals surface area contributed by atoms with E-state index in [1.54, 1.807) is 37.3 Å². The van der Waals surface area contributed by atoms with Crippen molar-refractivity contribution in [3.05, 3.63) is 83.4 Å². The molecule has 0 heterocycles. The van der Waals surface area contributed by atoms with Crippen molar-refractivity contribution < 1.29 is 17.9 Å². The number of carbonyl (C=O) groups excluding carboxylic acids is 1. The number of amides is 1. The Labute approximate surface area is 180 Å². The number of rotatable bonds is 7. The molecule has 156 valence electrons. The third kappa shape index (κ3) is 5.31. The number of para-hydroxylation sites is 2. The van der Waals surface area contributed by atoms with E-state index in [0.717, 1.165) is 5.56 Å². The van der Waals surface area contributed by atoms with Crippen LogP contribution in [0.2, 0.25) is 5.02 Å². The number of carbonyl (C=O) groups is 1. The standard InChI is InChI=1S/C22H21ClN2O4S/c1-15-7-3-6-10-21(15)29-16(2)22(26)24-17-11-13-18(14-12-17)30(27,28)25-20-9-5-4-8-19(20)23/h3-14,16,25H,1-2H3,(H,24,26). The van der Waals surface area contributed by atoms with Gasteiger partial charge in [0.2, 0.25) is 0 Å². The normalized spacial score (nSPS) is 12.1. The fraction of sp³-hybridized carbons (Fsp3) is 0.136. The van der Waals surface area contributed by atoms with Crippen molar-refractivity contribution in [2.24, 2.45) is 0 Å². The summed E-state index contributed by atoms with van der Waals surface area (Å²) in [6.07, 6.45) is -0.726. The molecule has 0 bridgehead atoms. The molecular weight excluding hydrogens is 424 g/mol. The Hall–Kier alpha value is -3.03. The third-order valence-corrected chi connectivity index (χ3v) is 6.03. The minimum atomic E-state index is -3.81. The van der Waals surface area contributed by atoms with E-state index in [2.05, 4.69) is 10.0 Å². The Morgan fingerprint density at radius 1 is 0.967 bits per heavy atom. The zero-order chi connectivity index (χ0) is 21.7. The molecule has 3 rings (SSSR count). The van der Waals surface area contributed by atoms with Gasteiger partial charge in [-0.3, -0.25) is 9.52 Å². The fourth-order valence-corrected chi connectivity index (χ4v) is 3.96. The van der Waals surface area contributed by atoms with Crippen LogP contribution in [0.3, 0.4) is 0 Å². The van der Waals surface area contributed by atoms with Gasteiger partial charge in [-0.15, -0.1) is 0 Å². The summed E-state index contributed by atoms with van der Waals surface area (Å²) in [5.74, 6) is 0.287. The van der Waals surface area contributed by atoms with Crippen molar-refractivity contribution in [2.75, 3.05) is 10.0 Å². The molecule has 30 heavy (non-hydrogen) atoms. The first-order chi connectivity index (χ1) is 14.3. The molecule has 0 aliphatic carbocycles. The lowest BCUT2D eigenvalue weighted by molar-refractivity contribution is -0.122. The number of hydrogen-bond acceptors (Lipinski definition) is 4. The summed E-state index contributed by atoms with van der Waals surface area (Å²) in [5.41, 5.74) is 1.67. The summed E-state index contributed by atoms with van der Waals surface area (Å²) in [5, 5.41) is 3.02. The molecule has 0 spiro atoms. The van der Waals surface area contributed by atoms with Gasteiger partial charge in [0.25, 0.3) is 15.9 Å². The molecule has 0 aliphatic rings. The highest BCUT2D eigenvalue weighted by molar-refractivity contribution is 7.92. The second-order valence-corrected chi connectivity index (χ2v) is 8.71. The van der Waals surface area contributed by atoms with Crippen molar-refractivity contribution in [2.45, 2.75) is 24.8 Å². The predicted molar refractivity (Wildman–Crippen MR) is 119 cm³/mol. The first kappa shape index (κ1) is 21.7. The molecular formula is C22H21ClN2O4S. The minimum absolute atomic E-state index is 0.0460. The summed E-state index contributed by atoms with van der Waals surface area (Å²) in [7, 11) is -3.81. The van der Waals surface area contributed by atoms with Crippen LogP contribution >= 0.6 is 11.6 Å². The highest BCUT2D eigenvalue weighted by Gasteiger charge is 2.18. The van der Waals surface area contributed by atoms with Crippen LogP contribution in [-0.4, -0.2) is 20.4 Å². The second kappa shape index (κ2) is 9.19. The van der Waals surface area contributed by atoms with Gasteiger partial charge in [0.15, 0.2) is 6.10 Å². The van der Waals surface area contributed by atoms with Gasteiger partial charge in [0.1, 0.15) is 5.75 Å². The summed E-state index contributed by atoms with van der Waals surface area (Å²) in [4.78, 5) is 12.5. The van der Waals surface area contributed by atoms with Crippen molar-refractivity contribution in [3.8, 4) is 5.75 Å². The molecule has 0 aliphatic heterocycles. The quantitative estimate of drug-likeness (QED) is 0.545. The van der Waals surface area contributed by atoms with E-state index in [0.29, 0.717) is 22.1 Å². The van der Waals surface area contributed by atoms with Gasteiger partial charge < -0.3 is 10.1 Å². The van der Waals surface area contributed by atoms with Crippen LogP contribution < -0.4 is 14.8 Å². The highest BCUT2D eigenvalue weighted by atomic mass is 35.5. The van der Waals surface area contributed by atoms with Crippen molar-refractivity contribution in [1.82, 2.24) is 0 Å². The lowest BCUT2D eigenvalue weighted by Gasteiger charge is -2.16. The zero-order valence-corrected chi connectivity index (χ0v) is 18.0. The van der Waals surface area contributed by atoms with Gasteiger partial charge in [-0.05, 0) is 61.9 Å². The van der Waals surface area contributed by atoms with Gasteiger partial charge in [0.05, 0.1) is 15.6 Å². The molecule has 3 aromatic carbocycles. The van der Waals surface area contributed by atoms with E-state index < -0.39 is 16.1 Å². The molecule has 0 fully saturated rings. The summed E-state index contributed by atoms with van der Waals surface area (Å²) >= 11 is 6.01.